The lowest BCUT2D eigenvalue weighted by atomic mass is 10.1. The summed E-state index contributed by atoms with van der Waals surface area (Å²) in [4.78, 5) is 18.4. The Balaban J connectivity index is 1.53. The zero-order valence-corrected chi connectivity index (χ0v) is 18.5. The summed E-state index contributed by atoms with van der Waals surface area (Å²) in [6.45, 7) is 2.13. The quantitative estimate of drug-likeness (QED) is 0.435. The molecule has 33 heavy (non-hydrogen) atoms. The molecule has 0 amide bonds. The second-order valence-corrected chi connectivity index (χ2v) is 8.41. The third-order valence-corrected chi connectivity index (χ3v) is 6.12. The molecule has 0 saturated carbocycles. The minimum absolute atomic E-state index is 0.00113. The average Bonchev–Trinajstić information content (AvgIpc) is 3.17. The van der Waals surface area contributed by atoms with Crippen molar-refractivity contribution in [3.63, 3.8) is 0 Å². The Labute approximate surface area is 193 Å². The van der Waals surface area contributed by atoms with E-state index in [9.17, 15) is 9.90 Å². The van der Waals surface area contributed by atoms with E-state index in [1.165, 1.54) is 5.56 Å². The second-order valence-electron chi connectivity index (χ2n) is 8.41. The van der Waals surface area contributed by atoms with E-state index in [4.69, 9.17) is 4.98 Å². The molecular formula is C28H26N3O2+. The number of anilines is 1. The van der Waals surface area contributed by atoms with Gasteiger partial charge in [-0.15, -0.1) is 0 Å². The number of aryl methyl sites for hydroxylation is 1. The first-order valence-electron chi connectivity index (χ1n) is 11.3. The number of carbonyl (C=O) groups is 1. The van der Waals surface area contributed by atoms with Gasteiger partial charge in [0.05, 0.1) is 0 Å². The van der Waals surface area contributed by atoms with E-state index in [0.29, 0.717) is 12.8 Å². The molecule has 3 aromatic carbocycles. The summed E-state index contributed by atoms with van der Waals surface area (Å²) in [5, 5.41) is 13.0. The highest BCUT2D eigenvalue weighted by Gasteiger charge is 2.41. The van der Waals surface area contributed by atoms with Gasteiger partial charge in [-0.1, -0.05) is 73.7 Å². The van der Waals surface area contributed by atoms with Gasteiger partial charge in [0, 0.05) is 18.4 Å². The largest absolute Gasteiger partial charge is 0.508 e. The number of aromatic nitrogens is 2. The Morgan fingerprint density at radius 1 is 0.909 bits per heavy atom. The van der Waals surface area contributed by atoms with Gasteiger partial charge in [-0.3, -0.25) is 5.32 Å². The maximum atomic E-state index is 13.4. The van der Waals surface area contributed by atoms with E-state index in [1.54, 1.807) is 16.7 Å². The first kappa shape index (κ1) is 20.9. The average molecular weight is 437 g/mol. The van der Waals surface area contributed by atoms with Gasteiger partial charge in [0.25, 0.3) is 0 Å². The lowest BCUT2D eigenvalue weighted by molar-refractivity contribution is -0.552. The van der Waals surface area contributed by atoms with Crippen molar-refractivity contribution in [3.05, 3.63) is 107 Å². The van der Waals surface area contributed by atoms with Crippen molar-refractivity contribution in [1.82, 2.24) is 4.98 Å². The van der Waals surface area contributed by atoms with E-state index < -0.39 is 0 Å². The van der Waals surface area contributed by atoms with E-state index in [1.807, 2.05) is 36.5 Å². The first-order chi connectivity index (χ1) is 16.1. The minimum atomic E-state index is -0.386. The Hall–Kier alpha value is -3.99. The number of carbonyl (C=O) groups excluding carboxylic acids is 1. The Morgan fingerprint density at radius 3 is 2.30 bits per heavy atom. The van der Waals surface area contributed by atoms with Crippen LogP contribution in [0.25, 0.3) is 11.3 Å². The maximum Gasteiger partial charge on any atom is 0.359 e. The van der Waals surface area contributed by atoms with Crippen LogP contribution in [0.5, 0.6) is 5.75 Å². The van der Waals surface area contributed by atoms with E-state index >= 15 is 0 Å². The highest BCUT2D eigenvalue weighted by molar-refractivity contribution is 5.82. The van der Waals surface area contributed by atoms with Crippen molar-refractivity contribution in [1.29, 1.82) is 0 Å². The van der Waals surface area contributed by atoms with Crippen molar-refractivity contribution in [3.8, 4) is 17.0 Å². The lowest BCUT2D eigenvalue weighted by Gasteiger charge is -2.08. The molecule has 0 spiro atoms. The van der Waals surface area contributed by atoms with Crippen LogP contribution in [-0.2, 0) is 19.3 Å². The molecule has 5 heteroatoms. The molecule has 0 saturated heterocycles. The van der Waals surface area contributed by atoms with Gasteiger partial charge < -0.3 is 5.11 Å². The molecule has 5 nitrogen and oxygen atoms in total. The standard InChI is InChI=1S/C28H25N3O2/c1-2-19-8-12-22(13-9-19)26-18-31-27(24(29-26)16-20-6-4-3-5-7-20)30-25(28(31)33)17-21-10-14-23(32)15-11-21/h3-15,18,25,32H,2,16-17H2,1H3/p+1. The molecule has 4 aromatic rings. The molecule has 0 aliphatic carbocycles. The number of hydrogen-bond acceptors (Lipinski definition) is 4. The van der Waals surface area contributed by atoms with Crippen molar-refractivity contribution in [2.45, 2.75) is 32.2 Å². The van der Waals surface area contributed by atoms with Crippen LogP contribution in [0.1, 0.15) is 34.1 Å². The number of nitrogens with zero attached hydrogens (tertiary/aromatic N) is 2. The van der Waals surface area contributed by atoms with Crippen LogP contribution < -0.4 is 9.88 Å². The van der Waals surface area contributed by atoms with Crippen LogP contribution in [0.2, 0.25) is 0 Å². The molecule has 1 atom stereocenters. The third kappa shape index (κ3) is 4.35. The molecule has 1 aromatic heterocycles. The number of rotatable bonds is 6. The van der Waals surface area contributed by atoms with Crippen molar-refractivity contribution < 1.29 is 14.5 Å². The smallest absolute Gasteiger partial charge is 0.359 e. The number of hydrogen-bond donors (Lipinski definition) is 2. The zero-order valence-electron chi connectivity index (χ0n) is 18.5. The highest BCUT2D eigenvalue weighted by Crippen LogP contribution is 2.25. The molecule has 1 unspecified atom stereocenters. The van der Waals surface area contributed by atoms with Crippen molar-refractivity contribution >= 4 is 11.7 Å². The van der Waals surface area contributed by atoms with Crippen LogP contribution in [-0.4, -0.2) is 22.0 Å². The topological polar surface area (TPSA) is 66.1 Å². The predicted octanol–water partition coefficient (Wildman–Crippen LogP) is 4.57. The van der Waals surface area contributed by atoms with Gasteiger partial charge in [0.2, 0.25) is 0 Å². The molecular weight excluding hydrogens is 410 g/mol. The number of benzene rings is 3. The molecule has 0 radical (unpaired) electrons. The van der Waals surface area contributed by atoms with E-state index in [2.05, 4.69) is 48.6 Å². The van der Waals surface area contributed by atoms with Crippen molar-refractivity contribution in [2.75, 3.05) is 5.32 Å². The van der Waals surface area contributed by atoms with Gasteiger partial charge in [-0.25, -0.2) is 9.78 Å². The number of phenolic OH excluding ortho intramolecular Hbond substituents is 1. The van der Waals surface area contributed by atoms with Gasteiger partial charge in [-0.2, -0.15) is 4.57 Å². The van der Waals surface area contributed by atoms with E-state index in [-0.39, 0.29) is 17.7 Å². The maximum absolute atomic E-state index is 13.4. The molecule has 0 bridgehead atoms. The minimum Gasteiger partial charge on any atom is -0.508 e. The third-order valence-electron chi connectivity index (χ3n) is 6.12. The summed E-state index contributed by atoms with van der Waals surface area (Å²) >= 11 is 0. The monoisotopic (exact) mass is 436 g/mol. The van der Waals surface area contributed by atoms with Crippen LogP contribution in [0.4, 0.5) is 5.82 Å². The summed E-state index contributed by atoms with van der Waals surface area (Å²) < 4.78 is 1.72. The summed E-state index contributed by atoms with van der Waals surface area (Å²) in [6, 6.07) is 25.2. The summed E-state index contributed by atoms with van der Waals surface area (Å²) in [7, 11) is 0. The Bertz CT molecular complexity index is 1280. The lowest BCUT2D eigenvalue weighted by Crippen LogP contribution is -2.44. The molecule has 0 fully saturated rings. The van der Waals surface area contributed by atoms with Crippen molar-refractivity contribution in [2.24, 2.45) is 0 Å². The number of fused-ring (bicyclic) bond motifs is 1. The SMILES string of the molecule is CCc1ccc(-c2c[n+]3c(c(Cc4ccccc4)n2)NC(Cc2ccc(O)cc2)C3=O)cc1. The van der Waals surface area contributed by atoms with Gasteiger partial charge in [0.1, 0.15) is 23.3 Å². The van der Waals surface area contributed by atoms with Crippen LogP contribution in [0, 0.1) is 0 Å². The molecule has 164 valence electrons. The molecule has 2 N–H and O–H groups in total. The summed E-state index contributed by atoms with van der Waals surface area (Å²) in [6.07, 6.45) is 3.99. The molecule has 1 aliphatic heterocycles. The highest BCUT2D eigenvalue weighted by atomic mass is 16.3. The van der Waals surface area contributed by atoms with Gasteiger partial charge in [0.15, 0.2) is 6.04 Å². The Kier molecular flexibility index (Phi) is 5.61. The van der Waals surface area contributed by atoms with Gasteiger partial charge in [-0.05, 0) is 35.2 Å². The van der Waals surface area contributed by atoms with Gasteiger partial charge >= 0.3 is 11.7 Å². The first-order valence-corrected chi connectivity index (χ1v) is 11.3. The fourth-order valence-electron chi connectivity index (χ4n) is 4.24. The number of phenols is 1. The Morgan fingerprint density at radius 2 is 1.61 bits per heavy atom. The number of nitrogens with one attached hydrogen (secondary N) is 1. The van der Waals surface area contributed by atoms with Crippen LogP contribution in [0.15, 0.2) is 85.1 Å². The van der Waals surface area contributed by atoms with E-state index in [0.717, 1.165) is 40.3 Å². The fourth-order valence-corrected chi connectivity index (χ4v) is 4.24. The van der Waals surface area contributed by atoms with Crippen LogP contribution in [0.3, 0.4) is 0 Å². The zero-order chi connectivity index (χ0) is 22.8. The molecule has 1 aliphatic rings. The fraction of sp³-hybridized carbons (Fsp3) is 0.179. The number of aromatic hydroxyl groups is 1. The van der Waals surface area contributed by atoms with Crippen LogP contribution >= 0.6 is 0 Å². The summed E-state index contributed by atoms with van der Waals surface area (Å²) in [5.41, 5.74) is 6.02. The summed E-state index contributed by atoms with van der Waals surface area (Å²) in [5.74, 6) is 0.970. The predicted molar refractivity (Wildman–Crippen MR) is 128 cm³/mol. The molecule has 2 heterocycles. The second kappa shape index (κ2) is 8.87. The molecule has 5 rings (SSSR count). The normalized spacial score (nSPS) is 14.7.